The Hall–Kier alpha value is -2.69. The number of amides is 1. The van der Waals surface area contributed by atoms with Gasteiger partial charge in [-0.25, -0.2) is 8.42 Å². The first-order chi connectivity index (χ1) is 16.3. The Labute approximate surface area is 205 Å². The topological polar surface area (TPSA) is 105 Å². The Morgan fingerprint density at radius 3 is 2.53 bits per heavy atom. The lowest BCUT2D eigenvalue weighted by Crippen LogP contribution is -2.34. The van der Waals surface area contributed by atoms with Crippen molar-refractivity contribution < 1.29 is 17.6 Å². The molecule has 0 bridgehead atoms. The molecule has 182 valence electrons. The van der Waals surface area contributed by atoms with Crippen LogP contribution in [-0.2, 0) is 21.2 Å². The van der Waals surface area contributed by atoms with E-state index < -0.39 is 10.0 Å². The summed E-state index contributed by atoms with van der Waals surface area (Å²) in [4.78, 5) is 12.5. The summed E-state index contributed by atoms with van der Waals surface area (Å²) < 4.78 is 32.6. The molecule has 1 heterocycles. The average Bonchev–Trinajstić information content (AvgIpc) is 3.32. The molecule has 10 heteroatoms. The molecule has 3 rings (SSSR count). The van der Waals surface area contributed by atoms with Gasteiger partial charge in [-0.05, 0) is 43.5 Å². The molecule has 0 aliphatic rings. The number of nitrogens with one attached hydrogen (secondary N) is 1. The summed E-state index contributed by atoms with van der Waals surface area (Å²) in [7, 11) is -3.60. The van der Waals surface area contributed by atoms with Crippen LogP contribution in [0.15, 0.2) is 69.1 Å². The van der Waals surface area contributed by atoms with Crippen LogP contribution < -0.4 is 5.32 Å². The first-order valence-electron chi connectivity index (χ1n) is 11.2. The van der Waals surface area contributed by atoms with Crippen molar-refractivity contribution in [2.24, 2.45) is 0 Å². The van der Waals surface area contributed by atoms with E-state index in [-0.39, 0.29) is 33.7 Å². The summed E-state index contributed by atoms with van der Waals surface area (Å²) in [5.41, 5.74) is 1.75. The molecule has 1 amide bonds. The third-order valence-electron chi connectivity index (χ3n) is 5.27. The summed E-state index contributed by atoms with van der Waals surface area (Å²) >= 11 is 1.14. The quantitative estimate of drug-likeness (QED) is 0.373. The number of nitrogens with zero attached hydrogens (tertiary/aromatic N) is 3. The van der Waals surface area contributed by atoms with Gasteiger partial charge in [0.25, 0.3) is 5.22 Å². The summed E-state index contributed by atoms with van der Waals surface area (Å²) in [6.45, 7) is 6.35. The van der Waals surface area contributed by atoms with Gasteiger partial charge in [0.15, 0.2) is 0 Å². The van der Waals surface area contributed by atoms with Crippen molar-refractivity contribution in [1.82, 2.24) is 19.8 Å². The van der Waals surface area contributed by atoms with Gasteiger partial charge in [0, 0.05) is 24.7 Å². The monoisotopic (exact) mass is 502 g/mol. The van der Waals surface area contributed by atoms with E-state index in [4.69, 9.17) is 4.42 Å². The fourth-order valence-corrected chi connectivity index (χ4v) is 5.51. The molecule has 3 aromatic rings. The zero-order chi connectivity index (χ0) is 24.6. The highest BCUT2D eigenvalue weighted by molar-refractivity contribution is 7.99. The Bertz CT molecular complexity index is 1180. The average molecular weight is 503 g/mol. The van der Waals surface area contributed by atoms with Crippen LogP contribution in [0.3, 0.4) is 0 Å². The van der Waals surface area contributed by atoms with Crippen LogP contribution in [0, 0.1) is 0 Å². The summed E-state index contributed by atoms with van der Waals surface area (Å²) in [6, 6.07) is 16.6. The summed E-state index contributed by atoms with van der Waals surface area (Å²) in [6.07, 6.45) is 1.74. The Balaban J connectivity index is 1.55. The standard InChI is InChI=1S/C24H30N4O4S2/c1-4-28(5-2)34(30,31)21-13-9-12-20(16-21)23-26-27-24(32-23)33-17-22(29)25-18(3)14-15-19-10-7-6-8-11-19/h6-13,16,18H,4-5,14-15,17H2,1-3H3,(H,25,29)/t18-/m1/s1. The van der Waals surface area contributed by atoms with Gasteiger partial charge in [-0.1, -0.05) is 62.0 Å². The van der Waals surface area contributed by atoms with Crippen LogP contribution in [-0.4, -0.2) is 53.7 Å². The highest BCUT2D eigenvalue weighted by atomic mass is 32.2. The van der Waals surface area contributed by atoms with Crippen molar-refractivity contribution >= 4 is 27.7 Å². The number of rotatable bonds is 12. The number of thioether (sulfide) groups is 1. The molecule has 1 N–H and O–H groups in total. The van der Waals surface area contributed by atoms with E-state index in [0.717, 1.165) is 24.6 Å². The second kappa shape index (κ2) is 12.1. The maximum Gasteiger partial charge on any atom is 0.277 e. The third-order valence-corrected chi connectivity index (χ3v) is 8.14. The number of hydrogen-bond acceptors (Lipinski definition) is 7. The van der Waals surface area contributed by atoms with Gasteiger partial charge in [0.05, 0.1) is 10.6 Å². The molecule has 0 fully saturated rings. The van der Waals surface area contributed by atoms with Crippen molar-refractivity contribution in [3.05, 3.63) is 60.2 Å². The second-order valence-corrected chi connectivity index (χ2v) is 10.6. The van der Waals surface area contributed by atoms with E-state index in [1.807, 2.05) is 25.1 Å². The molecule has 34 heavy (non-hydrogen) atoms. The van der Waals surface area contributed by atoms with Crippen molar-refractivity contribution in [3.8, 4) is 11.5 Å². The molecule has 1 aromatic heterocycles. The molecular formula is C24H30N4O4S2. The lowest BCUT2D eigenvalue weighted by Gasteiger charge is -2.18. The van der Waals surface area contributed by atoms with Gasteiger partial charge in [-0.2, -0.15) is 4.31 Å². The minimum absolute atomic E-state index is 0.0436. The van der Waals surface area contributed by atoms with Crippen LogP contribution in [0.4, 0.5) is 0 Å². The molecule has 0 spiro atoms. The molecule has 1 atom stereocenters. The number of hydrogen-bond donors (Lipinski definition) is 1. The van der Waals surface area contributed by atoms with Crippen LogP contribution in [0.2, 0.25) is 0 Å². The van der Waals surface area contributed by atoms with Crippen LogP contribution in [0.1, 0.15) is 32.8 Å². The number of carbonyl (C=O) groups excluding carboxylic acids is 1. The molecule has 0 saturated carbocycles. The molecule has 0 radical (unpaired) electrons. The van der Waals surface area contributed by atoms with Crippen molar-refractivity contribution in [3.63, 3.8) is 0 Å². The van der Waals surface area contributed by atoms with Crippen molar-refractivity contribution in [2.75, 3.05) is 18.8 Å². The predicted octanol–water partition coefficient (Wildman–Crippen LogP) is 4.00. The van der Waals surface area contributed by atoms with E-state index in [2.05, 4.69) is 27.6 Å². The Kier molecular flexibility index (Phi) is 9.26. The molecule has 0 unspecified atom stereocenters. The Morgan fingerprint density at radius 2 is 1.82 bits per heavy atom. The van der Waals surface area contributed by atoms with Gasteiger partial charge < -0.3 is 9.73 Å². The lowest BCUT2D eigenvalue weighted by atomic mass is 10.1. The van der Waals surface area contributed by atoms with E-state index in [9.17, 15) is 13.2 Å². The zero-order valence-electron chi connectivity index (χ0n) is 19.6. The van der Waals surface area contributed by atoms with E-state index in [0.29, 0.717) is 18.7 Å². The first kappa shape index (κ1) is 25.9. The van der Waals surface area contributed by atoms with Crippen molar-refractivity contribution in [2.45, 2.75) is 49.8 Å². The smallest absolute Gasteiger partial charge is 0.277 e. The van der Waals surface area contributed by atoms with E-state index >= 15 is 0 Å². The lowest BCUT2D eigenvalue weighted by molar-refractivity contribution is -0.119. The number of aromatic nitrogens is 2. The normalized spacial score (nSPS) is 12.6. The molecular weight excluding hydrogens is 472 g/mol. The minimum Gasteiger partial charge on any atom is -0.411 e. The van der Waals surface area contributed by atoms with Crippen molar-refractivity contribution in [1.29, 1.82) is 0 Å². The van der Waals surface area contributed by atoms with Gasteiger partial charge in [0.1, 0.15) is 0 Å². The van der Waals surface area contributed by atoms with Crippen LogP contribution in [0.5, 0.6) is 0 Å². The zero-order valence-corrected chi connectivity index (χ0v) is 21.2. The molecule has 0 saturated heterocycles. The van der Waals surface area contributed by atoms with Crippen LogP contribution >= 0.6 is 11.8 Å². The minimum atomic E-state index is -3.60. The fourth-order valence-electron chi connectivity index (χ4n) is 3.43. The molecule has 0 aliphatic carbocycles. The second-order valence-electron chi connectivity index (χ2n) is 7.77. The fraction of sp³-hybridized carbons (Fsp3) is 0.375. The maximum atomic E-state index is 12.8. The highest BCUT2D eigenvalue weighted by Crippen LogP contribution is 2.26. The number of benzene rings is 2. The third kappa shape index (κ3) is 6.91. The first-order valence-corrected chi connectivity index (χ1v) is 13.7. The maximum absolute atomic E-state index is 12.8. The number of carbonyl (C=O) groups is 1. The molecule has 8 nitrogen and oxygen atoms in total. The van der Waals surface area contributed by atoms with E-state index in [1.165, 1.54) is 15.9 Å². The number of aryl methyl sites for hydroxylation is 1. The SMILES string of the molecule is CCN(CC)S(=O)(=O)c1cccc(-c2nnc(SCC(=O)N[C@H](C)CCc3ccccc3)o2)c1. The highest BCUT2D eigenvalue weighted by Gasteiger charge is 2.22. The van der Waals surface area contributed by atoms with Crippen LogP contribution in [0.25, 0.3) is 11.5 Å². The summed E-state index contributed by atoms with van der Waals surface area (Å²) in [5.74, 6) is 0.238. The summed E-state index contributed by atoms with van der Waals surface area (Å²) in [5, 5.41) is 11.2. The molecule has 0 aliphatic heterocycles. The molecule has 2 aromatic carbocycles. The van der Waals surface area contributed by atoms with Gasteiger partial charge in [0.2, 0.25) is 21.8 Å². The van der Waals surface area contributed by atoms with Gasteiger partial charge >= 0.3 is 0 Å². The predicted molar refractivity (Wildman–Crippen MR) is 133 cm³/mol. The number of sulfonamides is 1. The van der Waals surface area contributed by atoms with Gasteiger partial charge in [-0.15, -0.1) is 10.2 Å². The van der Waals surface area contributed by atoms with Gasteiger partial charge in [-0.3, -0.25) is 4.79 Å². The largest absolute Gasteiger partial charge is 0.411 e. The Morgan fingerprint density at radius 1 is 1.09 bits per heavy atom. The van der Waals surface area contributed by atoms with E-state index in [1.54, 1.807) is 32.0 Å².